The average molecular weight is 427 g/mol. The molecule has 156 valence electrons. The molecule has 1 saturated heterocycles. The van der Waals surface area contributed by atoms with Crippen LogP contribution in [0.4, 0.5) is 9.18 Å². The Labute approximate surface area is 179 Å². The number of hydrogen-bond acceptors (Lipinski definition) is 4. The normalized spacial score (nSPS) is 15.7. The Bertz CT molecular complexity index is 989. The van der Waals surface area contributed by atoms with Gasteiger partial charge in [-0.25, -0.2) is 4.39 Å². The number of rotatable bonds is 7. The van der Waals surface area contributed by atoms with E-state index in [0.717, 1.165) is 22.2 Å². The molecule has 2 aromatic rings. The van der Waals surface area contributed by atoms with Crippen molar-refractivity contribution >= 4 is 34.9 Å². The lowest BCUT2D eigenvalue weighted by Crippen LogP contribution is -2.38. The summed E-state index contributed by atoms with van der Waals surface area (Å²) in [5, 5.41) is 2.35. The number of halogens is 1. The molecule has 0 bridgehead atoms. The second-order valence-electron chi connectivity index (χ2n) is 7.63. The molecule has 30 heavy (non-hydrogen) atoms. The molecule has 1 aliphatic rings. The summed E-state index contributed by atoms with van der Waals surface area (Å²) >= 11 is 0.771. The molecule has 1 aliphatic heterocycles. The van der Waals surface area contributed by atoms with Crippen molar-refractivity contribution in [1.29, 1.82) is 0 Å². The molecule has 3 amide bonds. The highest BCUT2D eigenvalue weighted by atomic mass is 32.2. The maximum absolute atomic E-state index is 13.8. The molecule has 0 saturated carbocycles. The summed E-state index contributed by atoms with van der Waals surface area (Å²) in [5.74, 6) is -1.09. The highest BCUT2D eigenvalue weighted by Gasteiger charge is 2.35. The SMILES string of the molecule is CC(C)(CC(=O)NCCN1C(=O)S/C(=C/c2ccccc2F)C1=O)c1ccccc1. The molecule has 0 aromatic heterocycles. The number of benzene rings is 2. The summed E-state index contributed by atoms with van der Waals surface area (Å²) in [6.45, 7) is 4.21. The molecule has 7 heteroatoms. The van der Waals surface area contributed by atoms with Gasteiger partial charge in [-0.3, -0.25) is 19.3 Å². The van der Waals surface area contributed by atoms with Crippen LogP contribution in [0.1, 0.15) is 31.4 Å². The predicted octanol–water partition coefficient (Wildman–Crippen LogP) is 4.35. The quantitative estimate of drug-likeness (QED) is 0.669. The minimum atomic E-state index is -0.480. The Morgan fingerprint density at radius 2 is 1.77 bits per heavy atom. The number of nitrogens with one attached hydrogen (secondary N) is 1. The summed E-state index contributed by atoms with van der Waals surface area (Å²) in [5.41, 5.74) is 0.972. The van der Waals surface area contributed by atoms with Crippen LogP contribution in [0.2, 0.25) is 0 Å². The van der Waals surface area contributed by atoms with Crippen LogP contribution in [0.3, 0.4) is 0 Å². The molecule has 0 unspecified atom stereocenters. The number of carbonyl (C=O) groups is 3. The number of carbonyl (C=O) groups excluding carboxylic acids is 3. The van der Waals surface area contributed by atoms with Crippen molar-refractivity contribution in [3.05, 3.63) is 76.4 Å². The molecule has 1 heterocycles. The van der Waals surface area contributed by atoms with Gasteiger partial charge in [-0.15, -0.1) is 0 Å². The Balaban J connectivity index is 1.55. The number of hydrogen-bond donors (Lipinski definition) is 1. The van der Waals surface area contributed by atoms with Crippen molar-refractivity contribution < 1.29 is 18.8 Å². The van der Waals surface area contributed by atoms with Gasteiger partial charge in [-0.05, 0) is 34.9 Å². The van der Waals surface area contributed by atoms with E-state index in [1.165, 1.54) is 18.2 Å². The smallest absolute Gasteiger partial charge is 0.293 e. The van der Waals surface area contributed by atoms with Gasteiger partial charge in [0.15, 0.2) is 0 Å². The zero-order valence-corrected chi connectivity index (χ0v) is 17.7. The van der Waals surface area contributed by atoms with E-state index in [2.05, 4.69) is 5.32 Å². The predicted molar refractivity (Wildman–Crippen MR) is 116 cm³/mol. The molecule has 3 rings (SSSR count). The Kier molecular flexibility index (Phi) is 6.72. The maximum Gasteiger partial charge on any atom is 0.293 e. The van der Waals surface area contributed by atoms with Crippen molar-refractivity contribution in [2.75, 3.05) is 13.1 Å². The zero-order valence-electron chi connectivity index (χ0n) is 16.9. The minimum Gasteiger partial charge on any atom is -0.354 e. The van der Waals surface area contributed by atoms with Crippen molar-refractivity contribution in [3.63, 3.8) is 0 Å². The highest BCUT2D eigenvalue weighted by molar-refractivity contribution is 8.18. The number of nitrogens with zero attached hydrogens (tertiary/aromatic N) is 1. The van der Waals surface area contributed by atoms with Crippen molar-refractivity contribution in [3.8, 4) is 0 Å². The van der Waals surface area contributed by atoms with E-state index in [9.17, 15) is 18.8 Å². The molecular weight excluding hydrogens is 403 g/mol. The lowest BCUT2D eigenvalue weighted by atomic mass is 9.81. The molecule has 0 spiro atoms. The summed E-state index contributed by atoms with van der Waals surface area (Å²) in [4.78, 5) is 38.3. The number of imide groups is 1. The second-order valence-corrected chi connectivity index (χ2v) is 8.62. The lowest BCUT2D eigenvalue weighted by molar-refractivity contribution is -0.124. The maximum atomic E-state index is 13.8. The fourth-order valence-corrected chi connectivity index (χ4v) is 4.04. The molecule has 0 atom stereocenters. The third kappa shape index (κ3) is 5.16. The lowest BCUT2D eigenvalue weighted by Gasteiger charge is -2.24. The standard InChI is InChI=1S/C23H23FN2O3S/c1-23(2,17-9-4-3-5-10-17)15-20(27)25-12-13-26-21(28)19(30-22(26)29)14-16-8-6-7-11-18(16)24/h3-11,14H,12-13,15H2,1-2H3,(H,25,27)/b19-14+. The topological polar surface area (TPSA) is 66.5 Å². The van der Waals surface area contributed by atoms with Crippen LogP contribution >= 0.6 is 11.8 Å². The van der Waals surface area contributed by atoms with E-state index in [1.54, 1.807) is 12.1 Å². The van der Waals surface area contributed by atoms with Crippen LogP contribution in [0.15, 0.2) is 59.5 Å². The van der Waals surface area contributed by atoms with Crippen LogP contribution in [-0.4, -0.2) is 35.0 Å². The van der Waals surface area contributed by atoms with E-state index in [-0.39, 0.29) is 41.3 Å². The Hall–Kier alpha value is -2.93. The van der Waals surface area contributed by atoms with E-state index < -0.39 is 17.0 Å². The molecule has 1 N–H and O–H groups in total. The zero-order chi connectivity index (χ0) is 21.7. The molecule has 0 radical (unpaired) electrons. The van der Waals surface area contributed by atoms with Gasteiger partial charge < -0.3 is 5.32 Å². The van der Waals surface area contributed by atoms with Gasteiger partial charge in [0.1, 0.15) is 5.82 Å². The minimum absolute atomic E-state index is 0.0663. The first-order valence-electron chi connectivity index (χ1n) is 9.60. The third-order valence-electron chi connectivity index (χ3n) is 4.88. The first-order chi connectivity index (χ1) is 14.3. The van der Waals surface area contributed by atoms with Gasteiger partial charge in [-0.2, -0.15) is 0 Å². The van der Waals surface area contributed by atoms with Crippen molar-refractivity contribution in [1.82, 2.24) is 10.2 Å². The van der Waals surface area contributed by atoms with Gasteiger partial charge in [0.25, 0.3) is 11.1 Å². The summed E-state index contributed by atoms with van der Waals surface area (Å²) in [6, 6.07) is 15.8. The van der Waals surface area contributed by atoms with Gasteiger partial charge in [0.2, 0.25) is 5.91 Å². The Morgan fingerprint density at radius 3 is 2.47 bits per heavy atom. The fourth-order valence-electron chi connectivity index (χ4n) is 3.19. The fraction of sp³-hybridized carbons (Fsp3) is 0.261. The van der Waals surface area contributed by atoms with Crippen LogP contribution in [0, 0.1) is 5.82 Å². The summed E-state index contributed by atoms with van der Waals surface area (Å²) in [7, 11) is 0. The largest absolute Gasteiger partial charge is 0.354 e. The Morgan fingerprint density at radius 1 is 1.10 bits per heavy atom. The van der Waals surface area contributed by atoms with Crippen LogP contribution in [0.5, 0.6) is 0 Å². The van der Waals surface area contributed by atoms with E-state index >= 15 is 0 Å². The van der Waals surface area contributed by atoms with Crippen LogP contribution < -0.4 is 5.32 Å². The molecular formula is C23H23FN2O3S. The van der Waals surface area contributed by atoms with Crippen molar-refractivity contribution in [2.24, 2.45) is 0 Å². The highest BCUT2D eigenvalue weighted by Crippen LogP contribution is 2.32. The summed E-state index contributed by atoms with van der Waals surface area (Å²) < 4.78 is 13.8. The molecule has 0 aliphatic carbocycles. The van der Waals surface area contributed by atoms with E-state index in [0.29, 0.717) is 0 Å². The van der Waals surface area contributed by atoms with Gasteiger partial charge in [0.05, 0.1) is 4.91 Å². The van der Waals surface area contributed by atoms with Crippen LogP contribution in [-0.2, 0) is 15.0 Å². The van der Waals surface area contributed by atoms with Crippen molar-refractivity contribution in [2.45, 2.75) is 25.7 Å². The van der Waals surface area contributed by atoms with Gasteiger partial charge in [0, 0.05) is 25.1 Å². The monoisotopic (exact) mass is 426 g/mol. The average Bonchev–Trinajstić information content (AvgIpc) is 2.97. The van der Waals surface area contributed by atoms with E-state index in [4.69, 9.17) is 0 Å². The molecule has 2 aromatic carbocycles. The first kappa shape index (κ1) is 21.8. The van der Waals surface area contributed by atoms with Gasteiger partial charge >= 0.3 is 0 Å². The summed E-state index contributed by atoms with van der Waals surface area (Å²) in [6.07, 6.45) is 1.66. The molecule has 1 fully saturated rings. The molecule has 5 nitrogen and oxygen atoms in total. The van der Waals surface area contributed by atoms with E-state index in [1.807, 2.05) is 44.2 Å². The number of amides is 3. The third-order valence-corrected chi connectivity index (χ3v) is 5.79. The second kappa shape index (κ2) is 9.26. The first-order valence-corrected chi connectivity index (χ1v) is 10.4. The van der Waals surface area contributed by atoms with Crippen LogP contribution in [0.25, 0.3) is 6.08 Å². The number of thioether (sulfide) groups is 1. The van der Waals surface area contributed by atoms with Gasteiger partial charge in [-0.1, -0.05) is 62.4 Å².